The van der Waals surface area contributed by atoms with Crippen LogP contribution in [0.4, 0.5) is 0 Å². The van der Waals surface area contributed by atoms with E-state index in [4.69, 9.17) is 4.74 Å². The number of carbonyl (C=O) groups excluding carboxylic acids is 1. The van der Waals surface area contributed by atoms with E-state index in [0.29, 0.717) is 19.8 Å². The minimum absolute atomic E-state index is 0.00841. The highest BCUT2D eigenvalue weighted by atomic mass is 16.5. The van der Waals surface area contributed by atoms with Crippen LogP contribution in [0.2, 0.25) is 0 Å². The van der Waals surface area contributed by atoms with Crippen molar-refractivity contribution in [3.05, 3.63) is 0 Å². The van der Waals surface area contributed by atoms with Crippen LogP contribution in [-0.4, -0.2) is 87.3 Å². The predicted molar refractivity (Wildman–Crippen MR) is 83.3 cm³/mol. The lowest BCUT2D eigenvalue weighted by Gasteiger charge is -2.43. The Morgan fingerprint density at radius 3 is 2.52 bits per heavy atom. The second-order valence-electron chi connectivity index (χ2n) is 6.86. The lowest BCUT2D eigenvalue weighted by Crippen LogP contribution is -2.58. The number of nitrogens with zero attached hydrogens (tertiary/aromatic N) is 2. The minimum Gasteiger partial charge on any atom is -0.379 e. The van der Waals surface area contributed by atoms with Gasteiger partial charge in [0, 0.05) is 44.3 Å². The Morgan fingerprint density at radius 2 is 1.90 bits per heavy atom. The molecule has 6 heteroatoms. The Hall–Kier alpha value is -0.690. The average Bonchev–Trinajstić information content (AvgIpc) is 2.94. The second kappa shape index (κ2) is 7.05. The molecule has 1 amide bonds. The van der Waals surface area contributed by atoms with Gasteiger partial charge in [-0.3, -0.25) is 9.69 Å². The Bertz CT molecular complexity index is 354. The second-order valence-corrected chi connectivity index (χ2v) is 6.86. The van der Waals surface area contributed by atoms with Gasteiger partial charge >= 0.3 is 0 Å². The Kier molecular flexibility index (Phi) is 5.60. The van der Waals surface area contributed by atoms with Gasteiger partial charge in [-0.2, -0.15) is 0 Å². The van der Waals surface area contributed by atoms with E-state index in [2.05, 4.69) is 41.3 Å². The van der Waals surface area contributed by atoms with E-state index in [-0.39, 0.29) is 23.4 Å². The fourth-order valence-electron chi connectivity index (χ4n) is 3.06. The summed E-state index contributed by atoms with van der Waals surface area (Å²) in [5.41, 5.74) is -0.00841. The van der Waals surface area contributed by atoms with Crippen molar-refractivity contribution in [2.45, 2.75) is 25.4 Å². The lowest BCUT2D eigenvalue weighted by molar-refractivity contribution is -0.126. The molecule has 2 rings (SSSR count). The highest BCUT2D eigenvalue weighted by molar-refractivity contribution is 5.80. The maximum Gasteiger partial charge on any atom is 0.227 e. The largest absolute Gasteiger partial charge is 0.379 e. The molecule has 0 saturated carbocycles. The molecule has 122 valence electrons. The monoisotopic (exact) mass is 298 g/mol. The van der Waals surface area contributed by atoms with Gasteiger partial charge in [0.15, 0.2) is 0 Å². The molecule has 2 saturated heterocycles. The number of piperazine rings is 1. The van der Waals surface area contributed by atoms with Gasteiger partial charge in [-0.25, -0.2) is 0 Å². The normalized spacial score (nSPS) is 28.8. The molecule has 21 heavy (non-hydrogen) atoms. The summed E-state index contributed by atoms with van der Waals surface area (Å²) in [4.78, 5) is 17.2. The van der Waals surface area contributed by atoms with Crippen molar-refractivity contribution in [1.29, 1.82) is 0 Å². The zero-order valence-electron chi connectivity index (χ0n) is 13.8. The van der Waals surface area contributed by atoms with E-state index in [0.717, 1.165) is 26.2 Å². The number of carbonyl (C=O) groups is 1. The molecule has 2 N–H and O–H groups in total. The van der Waals surface area contributed by atoms with Crippen LogP contribution in [0.1, 0.15) is 13.8 Å². The van der Waals surface area contributed by atoms with Gasteiger partial charge < -0.3 is 20.3 Å². The molecule has 2 unspecified atom stereocenters. The maximum absolute atomic E-state index is 12.3. The van der Waals surface area contributed by atoms with Crippen molar-refractivity contribution in [3.8, 4) is 0 Å². The van der Waals surface area contributed by atoms with E-state index in [1.54, 1.807) is 0 Å². The fraction of sp³-hybridized carbons (Fsp3) is 0.933. The summed E-state index contributed by atoms with van der Waals surface area (Å²) in [6.45, 7) is 10.5. The van der Waals surface area contributed by atoms with E-state index < -0.39 is 0 Å². The summed E-state index contributed by atoms with van der Waals surface area (Å²) in [6, 6.07) is 0.136. The van der Waals surface area contributed by atoms with E-state index >= 15 is 0 Å². The molecule has 0 radical (unpaired) electrons. The topological polar surface area (TPSA) is 56.8 Å². The zero-order chi connectivity index (χ0) is 15.5. The number of hydrogen-bond acceptors (Lipinski definition) is 5. The standard InChI is InChI=1S/C15H30N4O2/c1-15(2,19-7-5-18(4)6-8-19)11-17-14(20)12-9-21-10-13(12)16-3/h12-13,16H,5-11H2,1-4H3,(H,17,20). The molecule has 2 aliphatic heterocycles. The summed E-state index contributed by atoms with van der Waals surface area (Å²) in [5, 5.41) is 6.28. The van der Waals surface area contributed by atoms with Crippen LogP contribution < -0.4 is 10.6 Å². The number of rotatable bonds is 5. The Labute approximate surface area is 128 Å². The highest BCUT2D eigenvalue weighted by Crippen LogP contribution is 2.17. The molecule has 0 spiro atoms. The molecule has 2 fully saturated rings. The van der Waals surface area contributed by atoms with E-state index in [1.165, 1.54) is 0 Å². The molecule has 0 bridgehead atoms. The van der Waals surface area contributed by atoms with Gasteiger partial charge in [0.05, 0.1) is 19.1 Å². The molecule has 2 aliphatic rings. The van der Waals surface area contributed by atoms with Crippen LogP contribution in [0, 0.1) is 5.92 Å². The molecule has 0 aromatic rings. The van der Waals surface area contributed by atoms with Gasteiger partial charge in [-0.05, 0) is 27.9 Å². The number of likely N-dealkylation sites (N-methyl/N-ethyl adjacent to an activating group) is 2. The third-order valence-corrected chi connectivity index (χ3v) is 4.84. The SMILES string of the molecule is CNC1COCC1C(=O)NCC(C)(C)N1CCN(C)CC1. The molecule has 2 atom stereocenters. The first kappa shape index (κ1) is 16.7. The van der Waals surface area contributed by atoms with Gasteiger partial charge in [0.25, 0.3) is 0 Å². The maximum atomic E-state index is 12.3. The number of amides is 1. The first-order valence-corrected chi connectivity index (χ1v) is 7.90. The van der Waals surface area contributed by atoms with Crippen LogP contribution in [0.25, 0.3) is 0 Å². The molecule has 0 aromatic heterocycles. The first-order valence-electron chi connectivity index (χ1n) is 7.90. The van der Waals surface area contributed by atoms with Gasteiger partial charge in [0.1, 0.15) is 0 Å². The van der Waals surface area contributed by atoms with Gasteiger partial charge in [-0.1, -0.05) is 0 Å². The molecular weight excluding hydrogens is 268 g/mol. The summed E-state index contributed by atoms with van der Waals surface area (Å²) < 4.78 is 5.40. The molecule has 6 nitrogen and oxygen atoms in total. The summed E-state index contributed by atoms with van der Waals surface area (Å²) in [5.74, 6) is 0.0346. The Balaban J connectivity index is 1.82. The third kappa shape index (κ3) is 4.16. The van der Waals surface area contributed by atoms with Crippen molar-refractivity contribution in [2.75, 3.05) is 60.0 Å². The van der Waals surface area contributed by atoms with E-state index in [1.807, 2.05) is 7.05 Å². The van der Waals surface area contributed by atoms with Crippen molar-refractivity contribution in [3.63, 3.8) is 0 Å². The molecule has 0 aliphatic carbocycles. The van der Waals surface area contributed by atoms with Crippen molar-refractivity contribution >= 4 is 5.91 Å². The smallest absolute Gasteiger partial charge is 0.227 e. The molecular formula is C15H30N4O2. The molecule has 0 aromatic carbocycles. The lowest BCUT2D eigenvalue weighted by atomic mass is 9.99. The average molecular weight is 298 g/mol. The number of ether oxygens (including phenoxy) is 1. The summed E-state index contributed by atoms with van der Waals surface area (Å²) >= 11 is 0. The number of hydrogen-bond donors (Lipinski definition) is 2. The van der Waals surface area contributed by atoms with Gasteiger partial charge in [-0.15, -0.1) is 0 Å². The molecule has 2 heterocycles. The quantitative estimate of drug-likeness (QED) is 0.707. The zero-order valence-corrected chi connectivity index (χ0v) is 13.8. The van der Waals surface area contributed by atoms with Crippen LogP contribution >= 0.6 is 0 Å². The summed E-state index contributed by atoms with van der Waals surface area (Å²) in [7, 11) is 4.04. The van der Waals surface area contributed by atoms with Crippen LogP contribution in [-0.2, 0) is 9.53 Å². The third-order valence-electron chi connectivity index (χ3n) is 4.84. The first-order chi connectivity index (χ1) is 9.94. The summed E-state index contributed by atoms with van der Waals surface area (Å²) in [6.07, 6.45) is 0. The van der Waals surface area contributed by atoms with Crippen LogP contribution in [0.15, 0.2) is 0 Å². The van der Waals surface area contributed by atoms with E-state index in [9.17, 15) is 4.79 Å². The van der Waals surface area contributed by atoms with Crippen molar-refractivity contribution in [2.24, 2.45) is 5.92 Å². The Morgan fingerprint density at radius 1 is 1.24 bits per heavy atom. The highest BCUT2D eigenvalue weighted by Gasteiger charge is 2.35. The van der Waals surface area contributed by atoms with Crippen LogP contribution in [0.5, 0.6) is 0 Å². The fourth-order valence-corrected chi connectivity index (χ4v) is 3.06. The van der Waals surface area contributed by atoms with Crippen molar-refractivity contribution in [1.82, 2.24) is 20.4 Å². The van der Waals surface area contributed by atoms with Crippen molar-refractivity contribution < 1.29 is 9.53 Å². The van der Waals surface area contributed by atoms with Gasteiger partial charge in [0.2, 0.25) is 5.91 Å². The number of nitrogens with one attached hydrogen (secondary N) is 2. The van der Waals surface area contributed by atoms with Crippen LogP contribution in [0.3, 0.4) is 0 Å². The predicted octanol–water partition coefficient (Wildman–Crippen LogP) is -0.637. The minimum atomic E-state index is -0.0710.